The maximum Gasteiger partial charge on any atom is 0.0465 e. The molecule has 1 heterocycles. The molecule has 1 saturated carbocycles. The molecule has 2 fully saturated rings. The van der Waals surface area contributed by atoms with Crippen molar-refractivity contribution in [2.45, 2.75) is 50.9 Å². The second-order valence-corrected chi connectivity index (χ2v) is 9.03. The summed E-state index contributed by atoms with van der Waals surface area (Å²) in [5.41, 5.74) is 3.22. The standard InChI is InChI=1S/C26H35NO/c28-20-24-14-7-8-16-26(24)17-9-18-27(21-26)19-15-25(22-10-3-1-4-11-22)23-12-5-2-6-13-23/h1-6,10-13,24-25,28H,7-9,14-21H2/t24-,26-/m0/s1. The first-order chi connectivity index (χ1) is 13.8. The Balaban J connectivity index is 1.46. The first-order valence-corrected chi connectivity index (χ1v) is 11.2. The predicted octanol–water partition coefficient (Wildman–Crippen LogP) is 5.47. The Morgan fingerprint density at radius 3 is 2.18 bits per heavy atom. The lowest BCUT2D eigenvalue weighted by molar-refractivity contribution is -0.0220. The molecule has 2 atom stereocenters. The van der Waals surface area contributed by atoms with Gasteiger partial charge in [0.05, 0.1) is 0 Å². The normalized spacial score (nSPS) is 26.0. The first-order valence-electron chi connectivity index (χ1n) is 11.2. The Kier molecular flexibility index (Phi) is 6.49. The topological polar surface area (TPSA) is 23.5 Å². The van der Waals surface area contributed by atoms with E-state index >= 15 is 0 Å². The molecule has 1 aliphatic heterocycles. The van der Waals surface area contributed by atoms with E-state index in [4.69, 9.17) is 0 Å². The monoisotopic (exact) mass is 377 g/mol. The molecule has 2 nitrogen and oxygen atoms in total. The molecule has 2 heteroatoms. The van der Waals surface area contributed by atoms with Crippen molar-refractivity contribution < 1.29 is 5.11 Å². The quantitative estimate of drug-likeness (QED) is 0.721. The molecule has 1 N–H and O–H groups in total. The van der Waals surface area contributed by atoms with Gasteiger partial charge in [0.2, 0.25) is 0 Å². The zero-order valence-electron chi connectivity index (χ0n) is 17.1. The third kappa shape index (κ3) is 4.34. The number of nitrogens with zero attached hydrogens (tertiary/aromatic N) is 1. The zero-order valence-corrected chi connectivity index (χ0v) is 17.1. The summed E-state index contributed by atoms with van der Waals surface area (Å²) < 4.78 is 0. The minimum atomic E-state index is 0.375. The summed E-state index contributed by atoms with van der Waals surface area (Å²) in [6.45, 7) is 3.93. The zero-order chi connectivity index (χ0) is 19.2. The molecule has 2 aromatic rings. The van der Waals surface area contributed by atoms with Crippen LogP contribution in [0.25, 0.3) is 0 Å². The molecule has 1 saturated heterocycles. The van der Waals surface area contributed by atoms with E-state index in [2.05, 4.69) is 65.6 Å². The number of aliphatic hydroxyl groups is 1. The SMILES string of the molecule is OC[C@@H]1CCCC[C@@]12CCCN(CCC(c1ccccc1)c1ccccc1)C2. The van der Waals surface area contributed by atoms with E-state index in [-0.39, 0.29) is 0 Å². The Bertz CT molecular complexity index is 672. The molecule has 28 heavy (non-hydrogen) atoms. The second-order valence-electron chi connectivity index (χ2n) is 9.03. The number of aliphatic hydroxyl groups excluding tert-OH is 1. The van der Waals surface area contributed by atoms with Crippen molar-refractivity contribution in [2.75, 3.05) is 26.2 Å². The molecule has 150 valence electrons. The van der Waals surface area contributed by atoms with Crippen LogP contribution in [0.4, 0.5) is 0 Å². The fourth-order valence-corrected chi connectivity index (χ4v) is 5.86. The Morgan fingerprint density at radius 2 is 1.54 bits per heavy atom. The molecule has 0 unspecified atom stereocenters. The summed E-state index contributed by atoms with van der Waals surface area (Å²) in [5, 5.41) is 9.99. The molecule has 1 aliphatic carbocycles. The maximum absolute atomic E-state index is 9.99. The number of rotatable bonds is 6. The smallest absolute Gasteiger partial charge is 0.0465 e. The summed E-state index contributed by atoms with van der Waals surface area (Å²) >= 11 is 0. The first kappa shape index (κ1) is 19.7. The number of hydrogen-bond acceptors (Lipinski definition) is 2. The van der Waals surface area contributed by atoms with Gasteiger partial charge in [-0.25, -0.2) is 0 Å². The van der Waals surface area contributed by atoms with Crippen LogP contribution in [-0.4, -0.2) is 36.2 Å². The molecule has 0 bridgehead atoms. The molecule has 0 radical (unpaired) electrons. The van der Waals surface area contributed by atoms with E-state index in [1.807, 2.05) is 0 Å². The van der Waals surface area contributed by atoms with Gasteiger partial charge in [-0.1, -0.05) is 73.5 Å². The van der Waals surface area contributed by atoms with Crippen molar-refractivity contribution in [1.82, 2.24) is 4.90 Å². The van der Waals surface area contributed by atoms with Crippen molar-refractivity contribution in [3.05, 3.63) is 71.8 Å². The number of hydrogen-bond donors (Lipinski definition) is 1. The van der Waals surface area contributed by atoms with Gasteiger partial charge in [-0.15, -0.1) is 0 Å². The van der Waals surface area contributed by atoms with Crippen molar-refractivity contribution in [1.29, 1.82) is 0 Å². The average molecular weight is 378 g/mol. The van der Waals surface area contributed by atoms with Gasteiger partial charge in [-0.2, -0.15) is 0 Å². The fourth-order valence-electron chi connectivity index (χ4n) is 5.86. The molecule has 0 aromatic heterocycles. The lowest BCUT2D eigenvalue weighted by atomic mass is 9.62. The average Bonchev–Trinajstić information content (AvgIpc) is 2.76. The van der Waals surface area contributed by atoms with Gasteiger partial charge < -0.3 is 10.0 Å². The largest absolute Gasteiger partial charge is 0.396 e. The molecule has 2 aliphatic rings. The van der Waals surface area contributed by atoms with Crippen molar-refractivity contribution >= 4 is 0 Å². The highest BCUT2D eigenvalue weighted by Gasteiger charge is 2.43. The molecule has 0 amide bonds. The van der Waals surface area contributed by atoms with Crippen LogP contribution in [0, 0.1) is 11.3 Å². The fraction of sp³-hybridized carbons (Fsp3) is 0.538. The van der Waals surface area contributed by atoms with E-state index in [0.717, 1.165) is 13.0 Å². The summed E-state index contributed by atoms with van der Waals surface area (Å²) in [6, 6.07) is 22.0. The Hall–Kier alpha value is -1.64. The van der Waals surface area contributed by atoms with Crippen LogP contribution in [0.15, 0.2) is 60.7 Å². The minimum absolute atomic E-state index is 0.375. The molecular formula is C26H35NO. The number of piperidine rings is 1. The van der Waals surface area contributed by atoms with Gasteiger partial charge in [-0.3, -0.25) is 0 Å². The van der Waals surface area contributed by atoms with Gasteiger partial charge in [0.1, 0.15) is 0 Å². The van der Waals surface area contributed by atoms with E-state index in [1.54, 1.807) is 0 Å². The van der Waals surface area contributed by atoms with Gasteiger partial charge >= 0.3 is 0 Å². The molecule has 1 spiro atoms. The van der Waals surface area contributed by atoms with Gasteiger partial charge in [0, 0.05) is 19.1 Å². The molecule has 2 aromatic carbocycles. The van der Waals surface area contributed by atoms with Crippen LogP contribution in [0.2, 0.25) is 0 Å². The van der Waals surface area contributed by atoms with Crippen molar-refractivity contribution in [2.24, 2.45) is 11.3 Å². The Morgan fingerprint density at radius 1 is 0.893 bits per heavy atom. The summed E-state index contributed by atoms with van der Waals surface area (Å²) in [5.74, 6) is 0.975. The number of benzene rings is 2. The Labute approximate surface area is 170 Å². The van der Waals surface area contributed by atoms with E-state index < -0.39 is 0 Å². The minimum Gasteiger partial charge on any atom is -0.396 e. The van der Waals surface area contributed by atoms with Gasteiger partial charge in [-0.05, 0) is 67.7 Å². The summed E-state index contributed by atoms with van der Waals surface area (Å²) in [4.78, 5) is 2.70. The lowest BCUT2D eigenvalue weighted by Gasteiger charge is -2.50. The third-order valence-electron chi connectivity index (χ3n) is 7.39. The van der Waals surface area contributed by atoms with Crippen LogP contribution in [0.1, 0.15) is 62.0 Å². The van der Waals surface area contributed by atoms with E-state index in [9.17, 15) is 5.11 Å². The van der Waals surface area contributed by atoms with Crippen molar-refractivity contribution in [3.8, 4) is 0 Å². The highest BCUT2D eigenvalue weighted by atomic mass is 16.3. The van der Waals surface area contributed by atoms with E-state index in [0.29, 0.717) is 23.9 Å². The van der Waals surface area contributed by atoms with Gasteiger partial charge in [0.15, 0.2) is 0 Å². The predicted molar refractivity (Wildman–Crippen MR) is 116 cm³/mol. The molecule has 4 rings (SSSR count). The van der Waals surface area contributed by atoms with Crippen LogP contribution in [-0.2, 0) is 0 Å². The highest BCUT2D eigenvalue weighted by Crippen LogP contribution is 2.47. The molecular weight excluding hydrogens is 342 g/mol. The second kappa shape index (κ2) is 9.24. The maximum atomic E-state index is 9.99. The van der Waals surface area contributed by atoms with Crippen LogP contribution < -0.4 is 0 Å². The van der Waals surface area contributed by atoms with Crippen molar-refractivity contribution in [3.63, 3.8) is 0 Å². The summed E-state index contributed by atoms with van der Waals surface area (Å²) in [7, 11) is 0. The third-order valence-corrected chi connectivity index (χ3v) is 7.39. The van der Waals surface area contributed by atoms with Crippen LogP contribution in [0.5, 0.6) is 0 Å². The van der Waals surface area contributed by atoms with E-state index in [1.165, 1.54) is 62.7 Å². The van der Waals surface area contributed by atoms with Crippen LogP contribution in [0.3, 0.4) is 0 Å². The number of likely N-dealkylation sites (tertiary alicyclic amines) is 1. The lowest BCUT2D eigenvalue weighted by Crippen LogP contribution is -2.49. The summed E-state index contributed by atoms with van der Waals surface area (Å²) in [6.07, 6.45) is 8.95. The van der Waals surface area contributed by atoms with Crippen LogP contribution >= 0.6 is 0 Å². The highest BCUT2D eigenvalue weighted by molar-refractivity contribution is 5.32. The van der Waals surface area contributed by atoms with Gasteiger partial charge in [0.25, 0.3) is 0 Å².